The van der Waals surface area contributed by atoms with E-state index in [1.54, 1.807) is 18.2 Å². The Balaban J connectivity index is 1.32. The summed E-state index contributed by atoms with van der Waals surface area (Å²) >= 11 is 0. The molecule has 2 N–H and O–H groups in total. The second-order valence-electron chi connectivity index (χ2n) is 12.1. The molecule has 1 amide bonds. The molecule has 0 aliphatic carbocycles. The van der Waals surface area contributed by atoms with Crippen molar-refractivity contribution in [3.8, 4) is 5.75 Å². The predicted octanol–water partition coefficient (Wildman–Crippen LogP) is 6.51. The van der Waals surface area contributed by atoms with E-state index in [0.717, 1.165) is 46.3 Å². The number of hydrogen-bond acceptors (Lipinski definition) is 5. The number of ether oxygens (including phenoxy) is 1. The van der Waals surface area contributed by atoms with E-state index in [9.17, 15) is 13.2 Å². The minimum Gasteiger partial charge on any atom is -0.493 e. The maximum Gasteiger partial charge on any atom is 0.241 e. The van der Waals surface area contributed by atoms with Crippen molar-refractivity contribution in [2.24, 2.45) is 0 Å². The summed E-state index contributed by atoms with van der Waals surface area (Å²) in [4.78, 5) is 16.0. The molecule has 0 saturated heterocycles. The first kappa shape index (κ1) is 30.7. The molecule has 1 aliphatic rings. The second-order valence-corrected chi connectivity index (χ2v) is 13.8. The second kappa shape index (κ2) is 12.9. The van der Waals surface area contributed by atoms with Crippen LogP contribution in [0.25, 0.3) is 10.8 Å². The van der Waals surface area contributed by atoms with Gasteiger partial charge in [-0.3, -0.25) is 9.69 Å². The molecule has 1 aliphatic heterocycles. The lowest BCUT2D eigenvalue weighted by Gasteiger charge is -2.35. The summed E-state index contributed by atoms with van der Waals surface area (Å²) in [5.41, 5.74) is 2.87. The fourth-order valence-electron chi connectivity index (χ4n) is 5.67. The van der Waals surface area contributed by atoms with E-state index in [0.29, 0.717) is 13.0 Å². The number of sulfonamides is 1. The van der Waals surface area contributed by atoms with Gasteiger partial charge in [-0.2, -0.15) is 0 Å². The van der Waals surface area contributed by atoms with Crippen LogP contribution in [0.2, 0.25) is 0 Å². The van der Waals surface area contributed by atoms with Gasteiger partial charge in [-0.15, -0.1) is 0 Å². The number of amides is 1. The van der Waals surface area contributed by atoms with E-state index < -0.39 is 16.1 Å². The van der Waals surface area contributed by atoms with Crippen LogP contribution in [-0.4, -0.2) is 37.9 Å². The van der Waals surface area contributed by atoms with Crippen LogP contribution in [0.3, 0.4) is 0 Å². The van der Waals surface area contributed by atoms with Crippen LogP contribution in [0.15, 0.2) is 95.9 Å². The number of carbonyl (C=O) groups excluding carboxylic acids is 1. The molecular weight excluding hydrogens is 558 g/mol. The fourth-order valence-corrected chi connectivity index (χ4v) is 6.93. The van der Waals surface area contributed by atoms with Gasteiger partial charge in [-0.25, -0.2) is 13.1 Å². The summed E-state index contributed by atoms with van der Waals surface area (Å²) in [6.07, 6.45) is 0.596. The molecule has 2 atom stereocenters. The lowest BCUT2D eigenvalue weighted by Crippen LogP contribution is -2.40. The summed E-state index contributed by atoms with van der Waals surface area (Å²) in [6.45, 7) is 11.0. The third-order valence-electron chi connectivity index (χ3n) is 8.08. The lowest BCUT2D eigenvalue weighted by molar-refractivity contribution is -0.122. The maximum atomic E-state index is 13.5. The third-order valence-corrected chi connectivity index (χ3v) is 9.55. The number of fused-ring (bicyclic) bond motifs is 2. The largest absolute Gasteiger partial charge is 0.493 e. The number of carbonyl (C=O) groups is 1. The van der Waals surface area contributed by atoms with Gasteiger partial charge in [0.2, 0.25) is 15.9 Å². The molecule has 0 aromatic heterocycles. The molecule has 0 radical (unpaired) electrons. The normalized spacial score (nSPS) is 16.0. The van der Waals surface area contributed by atoms with E-state index in [-0.39, 0.29) is 28.8 Å². The Morgan fingerprint density at radius 3 is 2.40 bits per heavy atom. The van der Waals surface area contributed by atoms with Crippen LogP contribution in [-0.2, 0) is 21.4 Å². The van der Waals surface area contributed by atoms with Crippen molar-refractivity contribution in [1.82, 2.24) is 14.9 Å². The number of rotatable bonds is 10. The number of benzene rings is 4. The van der Waals surface area contributed by atoms with Gasteiger partial charge in [0.1, 0.15) is 5.75 Å². The van der Waals surface area contributed by atoms with Gasteiger partial charge in [0.05, 0.1) is 23.6 Å². The van der Waals surface area contributed by atoms with Crippen molar-refractivity contribution in [3.63, 3.8) is 0 Å². The van der Waals surface area contributed by atoms with E-state index in [1.165, 1.54) is 0 Å². The third kappa shape index (κ3) is 7.44. The van der Waals surface area contributed by atoms with Crippen LogP contribution in [0.1, 0.15) is 69.3 Å². The summed E-state index contributed by atoms with van der Waals surface area (Å²) in [6, 6.07) is 27.2. The van der Waals surface area contributed by atoms with E-state index in [1.807, 2.05) is 60.7 Å². The minimum absolute atomic E-state index is 0.0430. The monoisotopic (exact) mass is 599 g/mol. The maximum absolute atomic E-state index is 13.5. The number of hydrogen-bond donors (Lipinski definition) is 2. The summed E-state index contributed by atoms with van der Waals surface area (Å²) in [5, 5.41) is 4.95. The quantitative estimate of drug-likeness (QED) is 0.217. The fraction of sp³-hybridized carbons (Fsp3) is 0.343. The molecule has 8 heteroatoms. The van der Waals surface area contributed by atoms with Crippen molar-refractivity contribution >= 4 is 26.7 Å². The Bertz CT molecular complexity index is 1680. The van der Waals surface area contributed by atoms with Gasteiger partial charge in [0.15, 0.2) is 0 Å². The molecule has 1 heterocycles. The summed E-state index contributed by atoms with van der Waals surface area (Å²) in [5.74, 6) is 0.553. The number of nitrogens with one attached hydrogen (secondary N) is 2. The molecule has 0 saturated carbocycles. The predicted molar refractivity (Wildman–Crippen MR) is 171 cm³/mol. The highest BCUT2D eigenvalue weighted by Crippen LogP contribution is 2.34. The van der Waals surface area contributed by atoms with Gasteiger partial charge in [-0.05, 0) is 67.4 Å². The van der Waals surface area contributed by atoms with E-state index >= 15 is 0 Å². The molecule has 7 nitrogen and oxygen atoms in total. The summed E-state index contributed by atoms with van der Waals surface area (Å²) in [7, 11) is -3.91. The number of nitrogens with zero attached hydrogens (tertiary/aromatic N) is 1. The average molecular weight is 600 g/mol. The highest BCUT2D eigenvalue weighted by molar-refractivity contribution is 7.89. The SMILES string of the molecule is CCN(Cc1ccc2c(c1)OCCC2NC(=O)CC(NS(=O)(=O)c1ccc2ccccc2c1)c1ccccc1)C(C)(C)C. The van der Waals surface area contributed by atoms with Gasteiger partial charge < -0.3 is 10.1 Å². The van der Waals surface area contributed by atoms with Crippen LogP contribution in [0, 0.1) is 0 Å². The van der Waals surface area contributed by atoms with Crippen LogP contribution in [0.5, 0.6) is 5.75 Å². The first-order valence-electron chi connectivity index (χ1n) is 14.9. The summed E-state index contributed by atoms with van der Waals surface area (Å²) < 4.78 is 35.9. The topological polar surface area (TPSA) is 87.7 Å². The van der Waals surface area contributed by atoms with Crippen LogP contribution in [0.4, 0.5) is 0 Å². The highest BCUT2D eigenvalue weighted by Gasteiger charge is 2.28. The first-order chi connectivity index (χ1) is 20.5. The van der Waals surface area contributed by atoms with Crippen LogP contribution >= 0.6 is 0 Å². The van der Waals surface area contributed by atoms with Crippen molar-refractivity contribution in [2.45, 2.75) is 69.6 Å². The zero-order valence-electron chi connectivity index (χ0n) is 25.3. The zero-order chi connectivity index (χ0) is 30.6. The Labute approximate surface area is 255 Å². The molecule has 0 spiro atoms. The van der Waals surface area contributed by atoms with Crippen molar-refractivity contribution in [2.75, 3.05) is 13.2 Å². The van der Waals surface area contributed by atoms with Gasteiger partial charge in [-0.1, -0.05) is 79.7 Å². The molecule has 4 aromatic rings. The Kier molecular flexibility index (Phi) is 9.20. The molecule has 2 unspecified atom stereocenters. The molecular formula is C35H41N3O4S. The van der Waals surface area contributed by atoms with Crippen LogP contribution < -0.4 is 14.8 Å². The highest BCUT2D eigenvalue weighted by atomic mass is 32.2. The standard InChI is InChI=1S/C35H41N3O4S/c1-5-38(35(2,3)4)24-25-15-18-30-31(19-20-42-33(30)21-25)36-34(39)23-32(27-12-7-6-8-13-27)37-43(40,41)29-17-16-26-11-9-10-14-28(26)22-29/h6-18,21-22,31-32,37H,5,19-20,23-24H2,1-4H3,(H,36,39). The zero-order valence-corrected chi connectivity index (χ0v) is 26.2. The molecule has 0 bridgehead atoms. The molecule has 43 heavy (non-hydrogen) atoms. The Morgan fingerprint density at radius 2 is 1.67 bits per heavy atom. The Morgan fingerprint density at radius 1 is 0.953 bits per heavy atom. The molecule has 0 fully saturated rings. The molecule has 226 valence electrons. The molecule has 4 aromatic carbocycles. The van der Waals surface area contributed by atoms with E-state index in [4.69, 9.17) is 4.74 Å². The Hall–Kier alpha value is -3.72. The smallest absolute Gasteiger partial charge is 0.241 e. The van der Waals surface area contributed by atoms with Crippen molar-refractivity contribution in [3.05, 3.63) is 108 Å². The lowest BCUT2D eigenvalue weighted by atomic mass is 9.97. The van der Waals surface area contributed by atoms with E-state index in [2.05, 4.69) is 54.8 Å². The average Bonchev–Trinajstić information content (AvgIpc) is 2.99. The van der Waals surface area contributed by atoms with Gasteiger partial charge in [0.25, 0.3) is 0 Å². The molecule has 5 rings (SSSR count). The van der Waals surface area contributed by atoms with Gasteiger partial charge >= 0.3 is 0 Å². The van der Waals surface area contributed by atoms with Crippen molar-refractivity contribution in [1.29, 1.82) is 0 Å². The van der Waals surface area contributed by atoms with Crippen molar-refractivity contribution < 1.29 is 17.9 Å². The van der Waals surface area contributed by atoms with Gasteiger partial charge in [0, 0.05) is 30.5 Å². The minimum atomic E-state index is -3.91. The first-order valence-corrected chi connectivity index (χ1v) is 16.4.